The van der Waals surface area contributed by atoms with E-state index in [9.17, 15) is 9.90 Å². The van der Waals surface area contributed by atoms with E-state index in [1.54, 1.807) is 6.20 Å². The molecule has 2 heterocycles. The summed E-state index contributed by atoms with van der Waals surface area (Å²) < 4.78 is 6.50. The molecule has 4 aliphatic rings. The molecule has 0 saturated heterocycles. The minimum Gasteiger partial charge on any atom is -0.493 e. The van der Waals surface area contributed by atoms with Crippen molar-refractivity contribution in [3.05, 3.63) is 82.9 Å². The highest BCUT2D eigenvalue weighted by molar-refractivity contribution is 5.84. The molecule has 3 aliphatic carbocycles. The van der Waals surface area contributed by atoms with Gasteiger partial charge in [-0.25, -0.2) is 4.98 Å². The number of fused-ring (bicyclic) bond motifs is 4. The molecule has 5 nitrogen and oxygen atoms in total. The Morgan fingerprint density at radius 3 is 2.68 bits per heavy atom. The molecule has 2 aromatic rings. The van der Waals surface area contributed by atoms with Crippen molar-refractivity contribution >= 4 is 11.5 Å². The zero-order valence-corrected chi connectivity index (χ0v) is 21.8. The van der Waals surface area contributed by atoms with Gasteiger partial charge >= 0.3 is 0 Å². The maximum Gasteiger partial charge on any atom is 0.137 e. The number of pyridine rings is 1. The number of rotatable bonds is 2. The van der Waals surface area contributed by atoms with E-state index in [2.05, 4.69) is 52.9 Å². The first-order chi connectivity index (χ1) is 17.8. The molecule has 5 atom stereocenters. The Morgan fingerprint density at radius 2 is 1.95 bits per heavy atom. The summed E-state index contributed by atoms with van der Waals surface area (Å²) in [5, 5.41) is 12.1. The molecular formula is C32H34N2O3. The Hall–Kier alpha value is -3.36. The van der Waals surface area contributed by atoms with E-state index in [4.69, 9.17) is 4.74 Å². The van der Waals surface area contributed by atoms with Crippen LogP contribution >= 0.6 is 0 Å². The SMILES string of the molecule is CN(C)c1ccc(C2C[C@@]3(C)[C@@H](CC[C@@]3(O)C#Cc3ccccn3)[C@@H]3OC=C4CC(=O)CCC4=C23)cc1. The van der Waals surface area contributed by atoms with Gasteiger partial charge in [0.15, 0.2) is 0 Å². The van der Waals surface area contributed by atoms with Crippen LogP contribution in [0.3, 0.4) is 0 Å². The van der Waals surface area contributed by atoms with E-state index in [1.807, 2.05) is 38.6 Å². The first-order valence-corrected chi connectivity index (χ1v) is 13.3. The molecule has 1 aromatic carbocycles. The van der Waals surface area contributed by atoms with Crippen molar-refractivity contribution in [2.45, 2.75) is 63.1 Å². The fourth-order valence-corrected chi connectivity index (χ4v) is 7.12. The Balaban J connectivity index is 1.45. The molecule has 0 amide bonds. The Bertz CT molecular complexity index is 1350. The number of Topliss-reactive ketones (excluding diaryl/α,β-unsaturated/α-hetero) is 1. The minimum absolute atomic E-state index is 0.0932. The number of hydrogen-bond acceptors (Lipinski definition) is 5. The largest absolute Gasteiger partial charge is 0.493 e. The number of hydrogen-bond donors (Lipinski definition) is 1. The number of carbonyl (C=O) groups is 1. The highest BCUT2D eigenvalue weighted by Gasteiger charge is 2.63. The summed E-state index contributed by atoms with van der Waals surface area (Å²) >= 11 is 0. The van der Waals surface area contributed by atoms with Crippen LogP contribution in [-0.4, -0.2) is 41.7 Å². The predicted octanol–water partition coefficient (Wildman–Crippen LogP) is 5.17. The van der Waals surface area contributed by atoms with Crippen LogP contribution < -0.4 is 4.90 Å². The molecule has 6 rings (SSSR count). The van der Waals surface area contributed by atoms with E-state index < -0.39 is 11.0 Å². The number of aromatic nitrogens is 1. The maximum absolute atomic E-state index is 12.3. The van der Waals surface area contributed by atoms with Gasteiger partial charge < -0.3 is 14.7 Å². The highest BCUT2D eigenvalue weighted by atomic mass is 16.5. The molecule has 190 valence electrons. The van der Waals surface area contributed by atoms with E-state index in [1.165, 1.54) is 16.7 Å². The number of carbonyl (C=O) groups excluding carboxylic acids is 1. The van der Waals surface area contributed by atoms with Gasteiger partial charge in [0, 0.05) is 56.1 Å². The second kappa shape index (κ2) is 8.89. The monoisotopic (exact) mass is 494 g/mol. The molecule has 1 aromatic heterocycles. The third kappa shape index (κ3) is 3.90. The van der Waals surface area contributed by atoms with Crippen LogP contribution in [0.4, 0.5) is 5.69 Å². The van der Waals surface area contributed by atoms with E-state index in [-0.39, 0.29) is 23.7 Å². The van der Waals surface area contributed by atoms with Crippen molar-refractivity contribution < 1.29 is 14.6 Å². The molecule has 1 aliphatic heterocycles. The fraction of sp³-hybridized carbons (Fsp3) is 0.438. The average Bonchev–Trinajstić information content (AvgIpc) is 3.17. The highest BCUT2D eigenvalue weighted by Crippen LogP contribution is 2.64. The summed E-state index contributed by atoms with van der Waals surface area (Å²) in [4.78, 5) is 18.7. The van der Waals surface area contributed by atoms with Crippen LogP contribution in [0.25, 0.3) is 0 Å². The molecule has 0 spiro atoms. The van der Waals surface area contributed by atoms with Crippen molar-refractivity contribution in [2.75, 3.05) is 19.0 Å². The molecule has 3 fully saturated rings. The summed E-state index contributed by atoms with van der Waals surface area (Å²) in [6, 6.07) is 14.4. The lowest BCUT2D eigenvalue weighted by molar-refractivity contribution is -0.119. The minimum atomic E-state index is -1.14. The molecule has 1 N–H and O–H groups in total. The Morgan fingerprint density at radius 1 is 1.14 bits per heavy atom. The number of ketones is 1. The third-order valence-electron chi connectivity index (χ3n) is 9.26. The van der Waals surface area contributed by atoms with Crippen LogP contribution in [0.5, 0.6) is 0 Å². The van der Waals surface area contributed by atoms with Crippen LogP contribution in [0, 0.1) is 23.2 Å². The Labute approximate surface area is 219 Å². The van der Waals surface area contributed by atoms with Gasteiger partial charge in [-0.05, 0) is 78.2 Å². The average molecular weight is 495 g/mol. The van der Waals surface area contributed by atoms with E-state index in [0.717, 1.165) is 30.5 Å². The second-order valence-electron chi connectivity index (χ2n) is 11.5. The number of allylic oxidation sites excluding steroid dienone is 2. The fourth-order valence-electron chi connectivity index (χ4n) is 7.12. The van der Waals surface area contributed by atoms with Crippen molar-refractivity contribution in [1.29, 1.82) is 0 Å². The van der Waals surface area contributed by atoms with Gasteiger partial charge in [0.05, 0.1) is 6.26 Å². The molecule has 0 radical (unpaired) electrons. The molecular weight excluding hydrogens is 460 g/mol. The van der Waals surface area contributed by atoms with Gasteiger partial charge in [-0.2, -0.15) is 0 Å². The van der Waals surface area contributed by atoms with Crippen molar-refractivity contribution in [3.8, 4) is 11.8 Å². The standard InChI is InChI=1S/C32H34N2O3/c1-31-19-27(21-7-9-24(10-8-21)34(2)3)29-26-12-11-25(35)18-22(26)20-37-30(29)28(31)14-16-32(31,36)15-13-23-6-4-5-17-33-23/h4-10,17,20,27-28,30,36H,11-12,14,16,18-19H2,1-3H3/t27?,28-,30-,31-,32-/m0/s1. The summed E-state index contributed by atoms with van der Waals surface area (Å²) in [5.74, 6) is 6.96. The third-order valence-corrected chi connectivity index (χ3v) is 9.26. The van der Waals surface area contributed by atoms with Gasteiger partial charge in [0.1, 0.15) is 23.2 Å². The van der Waals surface area contributed by atoms with Gasteiger partial charge in [-0.15, -0.1) is 0 Å². The zero-order valence-electron chi connectivity index (χ0n) is 21.8. The van der Waals surface area contributed by atoms with Gasteiger partial charge in [0.2, 0.25) is 0 Å². The van der Waals surface area contributed by atoms with Gasteiger partial charge in [-0.1, -0.05) is 31.0 Å². The molecule has 3 saturated carbocycles. The van der Waals surface area contributed by atoms with Crippen molar-refractivity contribution in [1.82, 2.24) is 4.98 Å². The molecule has 1 unspecified atom stereocenters. The number of nitrogens with zero attached hydrogens (tertiary/aromatic N) is 2. The maximum atomic E-state index is 12.3. The van der Waals surface area contributed by atoms with E-state index in [0.29, 0.717) is 25.0 Å². The smallest absolute Gasteiger partial charge is 0.137 e. The Kier molecular flexibility index (Phi) is 5.76. The van der Waals surface area contributed by atoms with Gasteiger partial charge in [0.25, 0.3) is 0 Å². The van der Waals surface area contributed by atoms with Gasteiger partial charge in [-0.3, -0.25) is 4.79 Å². The van der Waals surface area contributed by atoms with Crippen LogP contribution in [-0.2, 0) is 9.53 Å². The second-order valence-corrected chi connectivity index (χ2v) is 11.5. The van der Waals surface area contributed by atoms with Crippen molar-refractivity contribution in [2.24, 2.45) is 11.3 Å². The first-order valence-electron chi connectivity index (χ1n) is 13.3. The summed E-state index contributed by atoms with van der Waals surface area (Å²) in [6.45, 7) is 2.20. The van der Waals surface area contributed by atoms with Crippen LogP contribution in [0.1, 0.15) is 62.6 Å². The number of ether oxygens (including phenoxy) is 1. The lowest BCUT2D eigenvalue weighted by atomic mass is 9.55. The number of aliphatic hydroxyl groups is 1. The number of anilines is 1. The lowest BCUT2D eigenvalue weighted by Gasteiger charge is -2.52. The van der Waals surface area contributed by atoms with E-state index >= 15 is 0 Å². The number of benzene rings is 1. The topological polar surface area (TPSA) is 62.7 Å². The normalized spacial score (nSPS) is 32.3. The van der Waals surface area contributed by atoms with Crippen LogP contribution in [0.2, 0.25) is 0 Å². The predicted molar refractivity (Wildman–Crippen MR) is 144 cm³/mol. The molecule has 0 bridgehead atoms. The summed E-state index contributed by atoms with van der Waals surface area (Å²) in [6.07, 6.45) is 7.53. The molecule has 37 heavy (non-hydrogen) atoms. The van der Waals surface area contributed by atoms with Crippen LogP contribution in [0.15, 0.2) is 71.6 Å². The van der Waals surface area contributed by atoms with Crippen molar-refractivity contribution in [3.63, 3.8) is 0 Å². The zero-order chi connectivity index (χ0) is 25.8. The molecule has 5 heteroatoms. The first kappa shape index (κ1) is 24.0. The summed E-state index contributed by atoms with van der Waals surface area (Å²) in [7, 11) is 4.09. The lowest BCUT2D eigenvalue weighted by Crippen LogP contribution is -2.53. The quantitative estimate of drug-likeness (QED) is 0.584. The summed E-state index contributed by atoms with van der Waals surface area (Å²) in [5.41, 5.74) is 5.15.